The molecule has 0 aromatic heterocycles. The number of nitrogens with one attached hydrogen (secondary N) is 1. The highest BCUT2D eigenvalue weighted by Crippen LogP contribution is 2.22. The summed E-state index contributed by atoms with van der Waals surface area (Å²) in [5.74, 6) is 0. The fraction of sp³-hybridized carbons (Fsp3) is 0.350. The van der Waals surface area contributed by atoms with E-state index >= 15 is 0 Å². The van der Waals surface area contributed by atoms with Crippen molar-refractivity contribution in [2.45, 2.75) is 46.1 Å². The van der Waals surface area contributed by atoms with Gasteiger partial charge >= 0.3 is 6.09 Å². The Kier molecular flexibility index (Phi) is 5.50. The lowest BCUT2D eigenvalue weighted by molar-refractivity contribution is 0.0636. The molecule has 24 heavy (non-hydrogen) atoms. The maximum atomic E-state index is 12.0. The molecule has 0 aliphatic rings. The molecule has 0 unspecified atom stereocenters. The first-order chi connectivity index (χ1) is 11.2. The smallest absolute Gasteiger partial charge is 0.412 e. The fourth-order valence-corrected chi connectivity index (χ4v) is 2.50. The summed E-state index contributed by atoms with van der Waals surface area (Å²) >= 11 is 0. The lowest BCUT2D eigenvalue weighted by Gasteiger charge is -2.20. The van der Waals surface area contributed by atoms with E-state index in [1.807, 2.05) is 32.9 Å². The van der Waals surface area contributed by atoms with Crippen molar-refractivity contribution in [3.8, 4) is 0 Å². The number of ether oxygens (including phenoxy) is 1. The lowest BCUT2D eigenvalue weighted by Crippen LogP contribution is -2.27. The molecule has 0 fully saturated rings. The summed E-state index contributed by atoms with van der Waals surface area (Å²) in [5, 5.41) is 2.83. The largest absolute Gasteiger partial charge is 0.444 e. The van der Waals surface area contributed by atoms with Gasteiger partial charge < -0.3 is 10.5 Å². The molecular formula is C20H26N2O2. The van der Waals surface area contributed by atoms with E-state index in [1.165, 1.54) is 11.1 Å². The number of amides is 1. The maximum Gasteiger partial charge on any atom is 0.412 e. The molecule has 0 heterocycles. The lowest BCUT2D eigenvalue weighted by atomic mass is 10.0. The van der Waals surface area contributed by atoms with Crippen molar-refractivity contribution in [2.24, 2.45) is 0 Å². The number of nitrogens with two attached hydrogens (primary N) is 1. The van der Waals surface area contributed by atoms with Crippen molar-refractivity contribution < 1.29 is 9.53 Å². The minimum atomic E-state index is -0.528. The van der Waals surface area contributed by atoms with Crippen LogP contribution in [0.25, 0.3) is 0 Å². The average molecular weight is 326 g/mol. The van der Waals surface area contributed by atoms with Gasteiger partial charge in [0, 0.05) is 11.4 Å². The Morgan fingerprint density at radius 2 is 1.88 bits per heavy atom. The molecule has 0 atom stereocenters. The number of benzene rings is 2. The molecule has 1 amide bonds. The number of carbonyl (C=O) groups is 1. The Balaban J connectivity index is 2.11. The van der Waals surface area contributed by atoms with Crippen molar-refractivity contribution in [1.29, 1.82) is 0 Å². The number of hydrogen-bond donors (Lipinski definition) is 2. The fourth-order valence-electron chi connectivity index (χ4n) is 2.50. The van der Waals surface area contributed by atoms with Gasteiger partial charge in [0.1, 0.15) is 5.60 Å². The first kappa shape index (κ1) is 17.9. The molecular weight excluding hydrogens is 300 g/mol. The Labute approximate surface area is 144 Å². The van der Waals surface area contributed by atoms with E-state index in [2.05, 4.69) is 36.5 Å². The zero-order valence-corrected chi connectivity index (χ0v) is 14.8. The van der Waals surface area contributed by atoms with Gasteiger partial charge in [-0.2, -0.15) is 0 Å². The summed E-state index contributed by atoms with van der Waals surface area (Å²) in [5.41, 5.74) is 10.3. The maximum absolute atomic E-state index is 12.0. The second kappa shape index (κ2) is 7.39. The van der Waals surface area contributed by atoms with E-state index in [4.69, 9.17) is 10.5 Å². The van der Waals surface area contributed by atoms with Gasteiger partial charge in [-0.3, -0.25) is 5.32 Å². The number of aryl methyl sites for hydroxylation is 3. The minimum Gasteiger partial charge on any atom is -0.444 e. The van der Waals surface area contributed by atoms with E-state index < -0.39 is 11.7 Å². The molecule has 4 heteroatoms. The SMILES string of the molecule is Cc1cccc(CCc2cc(N)ccc2NC(=O)OC(C)(C)C)c1. The average Bonchev–Trinajstić information content (AvgIpc) is 2.45. The second-order valence-corrected chi connectivity index (χ2v) is 7.03. The van der Waals surface area contributed by atoms with E-state index in [9.17, 15) is 4.79 Å². The Morgan fingerprint density at radius 1 is 1.12 bits per heavy atom. The molecule has 4 nitrogen and oxygen atoms in total. The summed E-state index contributed by atoms with van der Waals surface area (Å²) < 4.78 is 5.32. The highest BCUT2D eigenvalue weighted by molar-refractivity contribution is 5.86. The molecule has 0 aliphatic carbocycles. The van der Waals surface area contributed by atoms with Gasteiger partial charge in [0.15, 0.2) is 0 Å². The number of nitrogen functional groups attached to an aromatic ring is 1. The van der Waals surface area contributed by atoms with Crippen LogP contribution in [0, 0.1) is 6.92 Å². The van der Waals surface area contributed by atoms with Gasteiger partial charge in [-0.05, 0) is 69.9 Å². The van der Waals surface area contributed by atoms with Crippen LogP contribution in [0.1, 0.15) is 37.5 Å². The van der Waals surface area contributed by atoms with E-state index in [1.54, 1.807) is 6.07 Å². The van der Waals surface area contributed by atoms with Gasteiger partial charge in [0.2, 0.25) is 0 Å². The van der Waals surface area contributed by atoms with Crippen LogP contribution in [0.3, 0.4) is 0 Å². The van der Waals surface area contributed by atoms with Crippen LogP contribution in [-0.2, 0) is 17.6 Å². The molecule has 0 spiro atoms. The third kappa shape index (κ3) is 5.61. The third-order valence-corrected chi connectivity index (χ3v) is 3.53. The normalized spacial score (nSPS) is 11.2. The quantitative estimate of drug-likeness (QED) is 0.800. The molecule has 0 bridgehead atoms. The molecule has 128 valence electrons. The first-order valence-corrected chi connectivity index (χ1v) is 8.17. The molecule has 0 radical (unpaired) electrons. The Hall–Kier alpha value is -2.49. The third-order valence-electron chi connectivity index (χ3n) is 3.53. The molecule has 3 N–H and O–H groups in total. The summed E-state index contributed by atoms with van der Waals surface area (Å²) in [6.45, 7) is 7.61. The van der Waals surface area contributed by atoms with Crippen molar-refractivity contribution in [2.75, 3.05) is 11.1 Å². The van der Waals surface area contributed by atoms with Gasteiger partial charge in [0.25, 0.3) is 0 Å². The molecule has 0 saturated heterocycles. The number of anilines is 2. The van der Waals surface area contributed by atoms with Crippen molar-refractivity contribution in [1.82, 2.24) is 0 Å². The van der Waals surface area contributed by atoms with Gasteiger partial charge in [0.05, 0.1) is 0 Å². The van der Waals surface area contributed by atoms with Crippen LogP contribution in [0.5, 0.6) is 0 Å². The summed E-state index contributed by atoms with van der Waals surface area (Å²) in [6.07, 6.45) is 1.22. The van der Waals surface area contributed by atoms with Crippen LogP contribution < -0.4 is 11.1 Å². The molecule has 2 aromatic carbocycles. The zero-order chi connectivity index (χ0) is 17.7. The molecule has 0 saturated carbocycles. The predicted octanol–water partition coefficient (Wildman–Crippen LogP) is 4.71. The van der Waals surface area contributed by atoms with Crippen LogP contribution in [0.2, 0.25) is 0 Å². The van der Waals surface area contributed by atoms with Crippen LogP contribution in [-0.4, -0.2) is 11.7 Å². The van der Waals surface area contributed by atoms with Crippen molar-refractivity contribution >= 4 is 17.5 Å². The van der Waals surface area contributed by atoms with Crippen LogP contribution in [0.4, 0.5) is 16.2 Å². The molecule has 2 rings (SSSR count). The molecule has 0 aliphatic heterocycles. The Morgan fingerprint density at radius 3 is 2.54 bits per heavy atom. The monoisotopic (exact) mass is 326 g/mol. The predicted molar refractivity (Wildman–Crippen MR) is 99.3 cm³/mol. The topological polar surface area (TPSA) is 64.3 Å². The number of carbonyl (C=O) groups excluding carboxylic acids is 1. The van der Waals surface area contributed by atoms with Crippen LogP contribution >= 0.6 is 0 Å². The first-order valence-electron chi connectivity index (χ1n) is 8.17. The Bertz CT molecular complexity index is 718. The number of rotatable bonds is 4. The van der Waals surface area contributed by atoms with E-state index in [-0.39, 0.29) is 0 Å². The zero-order valence-electron chi connectivity index (χ0n) is 14.8. The number of hydrogen-bond acceptors (Lipinski definition) is 3. The minimum absolute atomic E-state index is 0.455. The summed E-state index contributed by atoms with van der Waals surface area (Å²) in [7, 11) is 0. The van der Waals surface area contributed by atoms with Gasteiger partial charge in [-0.25, -0.2) is 4.79 Å². The van der Waals surface area contributed by atoms with E-state index in [0.29, 0.717) is 5.69 Å². The van der Waals surface area contributed by atoms with Crippen molar-refractivity contribution in [3.05, 3.63) is 59.2 Å². The standard InChI is InChI=1S/C20H26N2O2/c1-14-6-5-7-15(12-14)8-9-16-13-17(21)10-11-18(16)22-19(23)24-20(2,3)4/h5-7,10-13H,8-9,21H2,1-4H3,(H,22,23). The van der Waals surface area contributed by atoms with Crippen LogP contribution in [0.15, 0.2) is 42.5 Å². The highest BCUT2D eigenvalue weighted by atomic mass is 16.6. The molecule has 2 aromatic rings. The summed E-state index contributed by atoms with van der Waals surface area (Å²) in [4.78, 5) is 12.0. The van der Waals surface area contributed by atoms with Gasteiger partial charge in [-0.15, -0.1) is 0 Å². The van der Waals surface area contributed by atoms with Gasteiger partial charge in [-0.1, -0.05) is 29.8 Å². The van der Waals surface area contributed by atoms with Crippen molar-refractivity contribution in [3.63, 3.8) is 0 Å². The van der Waals surface area contributed by atoms with E-state index in [0.717, 1.165) is 24.1 Å². The summed E-state index contributed by atoms with van der Waals surface area (Å²) in [6, 6.07) is 13.9. The second-order valence-electron chi connectivity index (χ2n) is 7.03. The highest BCUT2D eigenvalue weighted by Gasteiger charge is 2.17.